The standard InChI is InChI=1S/C13H15N3O2/c17-12(9-6-7-9)13(18)11-8-14-15-16(11)10-4-2-1-3-5-10/h1-5,8-9,12-13,17-18H,6-7H2. The quantitative estimate of drug-likeness (QED) is 0.845. The number of hydrogen-bond donors (Lipinski definition) is 2. The molecule has 0 spiro atoms. The molecule has 1 aliphatic carbocycles. The molecule has 1 saturated carbocycles. The molecule has 0 aliphatic heterocycles. The first kappa shape index (κ1) is 11.4. The number of para-hydroxylation sites is 1. The van der Waals surface area contributed by atoms with Crippen molar-refractivity contribution in [3.63, 3.8) is 0 Å². The van der Waals surface area contributed by atoms with Gasteiger partial charge >= 0.3 is 0 Å². The number of benzene rings is 1. The maximum atomic E-state index is 10.2. The van der Waals surface area contributed by atoms with Gasteiger partial charge < -0.3 is 10.2 Å². The molecule has 3 rings (SSSR count). The van der Waals surface area contributed by atoms with Gasteiger partial charge in [0.25, 0.3) is 0 Å². The van der Waals surface area contributed by atoms with E-state index in [0.717, 1.165) is 18.5 Å². The molecule has 94 valence electrons. The summed E-state index contributed by atoms with van der Waals surface area (Å²) < 4.78 is 1.57. The molecule has 2 unspecified atom stereocenters. The van der Waals surface area contributed by atoms with E-state index in [1.807, 2.05) is 30.3 Å². The van der Waals surface area contributed by atoms with Crippen LogP contribution in [0.5, 0.6) is 0 Å². The monoisotopic (exact) mass is 245 g/mol. The van der Waals surface area contributed by atoms with Gasteiger partial charge in [0.2, 0.25) is 0 Å². The van der Waals surface area contributed by atoms with Crippen molar-refractivity contribution in [2.24, 2.45) is 5.92 Å². The number of nitrogens with zero attached hydrogens (tertiary/aromatic N) is 3. The number of aliphatic hydroxyl groups is 2. The highest BCUT2D eigenvalue weighted by atomic mass is 16.3. The third-order valence-electron chi connectivity index (χ3n) is 3.31. The number of aromatic nitrogens is 3. The van der Waals surface area contributed by atoms with Crippen LogP contribution in [0.4, 0.5) is 0 Å². The molecule has 2 aromatic rings. The predicted octanol–water partition coefficient (Wildman–Crippen LogP) is 1.07. The Labute approximate surface area is 105 Å². The molecule has 1 aromatic heterocycles. The van der Waals surface area contributed by atoms with Gasteiger partial charge in [-0.1, -0.05) is 23.4 Å². The summed E-state index contributed by atoms with van der Waals surface area (Å²) in [6.45, 7) is 0. The van der Waals surface area contributed by atoms with Crippen LogP contribution in [-0.2, 0) is 0 Å². The van der Waals surface area contributed by atoms with Gasteiger partial charge in [-0.2, -0.15) is 0 Å². The first-order valence-electron chi connectivity index (χ1n) is 6.09. The van der Waals surface area contributed by atoms with E-state index in [2.05, 4.69) is 10.3 Å². The molecule has 18 heavy (non-hydrogen) atoms. The molecule has 5 heteroatoms. The first-order chi connectivity index (χ1) is 8.77. The van der Waals surface area contributed by atoms with Crippen molar-refractivity contribution < 1.29 is 10.2 Å². The highest BCUT2D eigenvalue weighted by Crippen LogP contribution is 2.38. The van der Waals surface area contributed by atoms with E-state index in [0.29, 0.717) is 5.69 Å². The SMILES string of the molecule is OC(c1cnnn1-c1ccccc1)C(O)C1CC1. The molecule has 0 saturated heterocycles. The molecule has 0 bridgehead atoms. The maximum Gasteiger partial charge on any atom is 0.124 e. The molecular formula is C13H15N3O2. The number of rotatable bonds is 4. The predicted molar refractivity (Wildman–Crippen MR) is 65.0 cm³/mol. The summed E-state index contributed by atoms with van der Waals surface area (Å²) >= 11 is 0. The van der Waals surface area contributed by atoms with Crippen molar-refractivity contribution in [2.45, 2.75) is 25.0 Å². The zero-order chi connectivity index (χ0) is 12.5. The van der Waals surface area contributed by atoms with Gasteiger partial charge in [0.15, 0.2) is 0 Å². The zero-order valence-corrected chi connectivity index (χ0v) is 9.85. The molecular weight excluding hydrogens is 230 g/mol. The van der Waals surface area contributed by atoms with Crippen molar-refractivity contribution >= 4 is 0 Å². The van der Waals surface area contributed by atoms with Gasteiger partial charge in [-0.3, -0.25) is 0 Å². The van der Waals surface area contributed by atoms with Crippen LogP contribution in [-0.4, -0.2) is 31.3 Å². The lowest BCUT2D eigenvalue weighted by molar-refractivity contribution is 0.00110. The van der Waals surface area contributed by atoms with Crippen molar-refractivity contribution in [3.05, 3.63) is 42.2 Å². The highest BCUT2D eigenvalue weighted by molar-refractivity contribution is 5.32. The van der Waals surface area contributed by atoms with E-state index in [9.17, 15) is 10.2 Å². The zero-order valence-electron chi connectivity index (χ0n) is 9.85. The van der Waals surface area contributed by atoms with Crippen LogP contribution in [0, 0.1) is 5.92 Å². The maximum absolute atomic E-state index is 10.2. The molecule has 0 amide bonds. The minimum Gasteiger partial charge on any atom is -0.390 e. The smallest absolute Gasteiger partial charge is 0.124 e. The number of aliphatic hydroxyl groups excluding tert-OH is 2. The van der Waals surface area contributed by atoms with Crippen molar-refractivity contribution in [3.8, 4) is 5.69 Å². The lowest BCUT2D eigenvalue weighted by atomic mass is 10.1. The molecule has 1 aromatic carbocycles. The Balaban J connectivity index is 1.91. The van der Waals surface area contributed by atoms with Crippen molar-refractivity contribution in [1.29, 1.82) is 0 Å². The Morgan fingerprint density at radius 2 is 1.89 bits per heavy atom. The third kappa shape index (κ3) is 2.02. The molecule has 5 nitrogen and oxygen atoms in total. The topological polar surface area (TPSA) is 71.2 Å². The molecule has 1 fully saturated rings. The summed E-state index contributed by atoms with van der Waals surface area (Å²) in [6, 6.07) is 9.47. The summed E-state index contributed by atoms with van der Waals surface area (Å²) in [5.41, 5.74) is 1.35. The van der Waals surface area contributed by atoms with E-state index in [1.54, 1.807) is 4.68 Å². The summed E-state index contributed by atoms with van der Waals surface area (Å²) in [7, 11) is 0. The third-order valence-corrected chi connectivity index (χ3v) is 3.31. The van der Waals surface area contributed by atoms with Crippen molar-refractivity contribution in [2.75, 3.05) is 0 Å². The fourth-order valence-electron chi connectivity index (χ4n) is 2.09. The Kier molecular flexibility index (Phi) is 2.85. The van der Waals surface area contributed by atoms with E-state index in [4.69, 9.17) is 0 Å². The Bertz CT molecular complexity index is 522. The van der Waals surface area contributed by atoms with E-state index in [1.165, 1.54) is 6.20 Å². The summed E-state index contributed by atoms with van der Waals surface area (Å²) in [4.78, 5) is 0. The van der Waals surface area contributed by atoms with Crippen LogP contribution < -0.4 is 0 Å². The van der Waals surface area contributed by atoms with E-state index < -0.39 is 12.2 Å². The molecule has 1 aliphatic rings. The van der Waals surface area contributed by atoms with Gasteiger partial charge in [-0.05, 0) is 30.9 Å². The average molecular weight is 245 g/mol. The Morgan fingerprint density at radius 3 is 2.56 bits per heavy atom. The summed E-state index contributed by atoms with van der Waals surface area (Å²) in [5, 5.41) is 28.0. The van der Waals surface area contributed by atoms with Crippen LogP contribution in [0.25, 0.3) is 5.69 Å². The lowest BCUT2D eigenvalue weighted by Gasteiger charge is -2.17. The fraction of sp³-hybridized carbons (Fsp3) is 0.385. The lowest BCUT2D eigenvalue weighted by Crippen LogP contribution is -2.22. The number of hydrogen-bond acceptors (Lipinski definition) is 4. The summed E-state index contributed by atoms with van der Waals surface area (Å²) in [6.07, 6.45) is 1.79. The molecule has 2 N–H and O–H groups in total. The van der Waals surface area contributed by atoms with Crippen LogP contribution >= 0.6 is 0 Å². The van der Waals surface area contributed by atoms with Gasteiger partial charge in [-0.25, -0.2) is 4.68 Å². The largest absolute Gasteiger partial charge is 0.390 e. The minimum atomic E-state index is -0.937. The van der Waals surface area contributed by atoms with E-state index >= 15 is 0 Å². The molecule has 2 atom stereocenters. The van der Waals surface area contributed by atoms with Gasteiger partial charge in [-0.15, -0.1) is 5.10 Å². The fourth-order valence-corrected chi connectivity index (χ4v) is 2.09. The van der Waals surface area contributed by atoms with Crippen LogP contribution in [0.3, 0.4) is 0 Å². The van der Waals surface area contributed by atoms with Gasteiger partial charge in [0.1, 0.15) is 6.10 Å². The first-order valence-corrected chi connectivity index (χ1v) is 6.09. The summed E-state index contributed by atoms with van der Waals surface area (Å²) in [5.74, 6) is 0.208. The second kappa shape index (κ2) is 4.51. The second-order valence-corrected chi connectivity index (χ2v) is 4.68. The molecule has 0 radical (unpaired) electrons. The Morgan fingerprint density at radius 1 is 1.17 bits per heavy atom. The second-order valence-electron chi connectivity index (χ2n) is 4.68. The minimum absolute atomic E-state index is 0.208. The molecule has 1 heterocycles. The van der Waals surface area contributed by atoms with Crippen LogP contribution in [0.2, 0.25) is 0 Å². The van der Waals surface area contributed by atoms with Gasteiger partial charge in [0.05, 0.1) is 23.7 Å². The van der Waals surface area contributed by atoms with Crippen molar-refractivity contribution in [1.82, 2.24) is 15.0 Å². The Hall–Kier alpha value is -1.72. The van der Waals surface area contributed by atoms with Crippen LogP contribution in [0.1, 0.15) is 24.6 Å². The average Bonchev–Trinajstić information content (AvgIpc) is 3.15. The van der Waals surface area contributed by atoms with Gasteiger partial charge in [0, 0.05) is 0 Å². The highest BCUT2D eigenvalue weighted by Gasteiger charge is 2.36. The van der Waals surface area contributed by atoms with Crippen LogP contribution in [0.15, 0.2) is 36.5 Å². The van der Waals surface area contributed by atoms with E-state index in [-0.39, 0.29) is 5.92 Å². The normalized spacial score (nSPS) is 18.6.